The zero-order valence-electron chi connectivity index (χ0n) is 22.7. The standard InChI is InChI=1S/C31H35BN2O4/c1-30(2)31(3,4)38-32(37-30)22(17-21-11-10-12-23(18-21)33-5)19-34-29(35)36-20-28-26-15-8-6-13-24(26)25-14-7-9-16-27(25)28/h6-18,28,33H,19-20H2,1-5H3,(H,34,35). The molecule has 0 unspecified atom stereocenters. The van der Waals surface area contributed by atoms with E-state index in [-0.39, 0.29) is 19.1 Å². The van der Waals surface area contributed by atoms with Crippen molar-refractivity contribution in [2.24, 2.45) is 0 Å². The highest BCUT2D eigenvalue weighted by Gasteiger charge is 2.52. The van der Waals surface area contributed by atoms with Gasteiger partial charge < -0.3 is 24.7 Å². The lowest BCUT2D eigenvalue weighted by atomic mass is 9.77. The van der Waals surface area contributed by atoms with Gasteiger partial charge in [-0.25, -0.2) is 4.79 Å². The van der Waals surface area contributed by atoms with E-state index in [1.54, 1.807) is 0 Å². The van der Waals surface area contributed by atoms with Gasteiger partial charge in [0.1, 0.15) is 6.61 Å². The van der Waals surface area contributed by atoms with E-state index >= 15 is 0 Å². The van der Waals surface area contributed by atoms with Gasteiger partial charge in [-0.3, -0.25) is 0 Å². The number of alkyl carbamates (subject to hydrolysis) is 1. The molecule has 1 saturated heterocycles. The highest BCUT2D eigenvalue weighted by atomic mass is 16.7. The van der Waals surface area contributed by atoms with Crippen LogP contribution >= 0.6 is 0 Å². The maximum atomic E-state index is 12.9. The molecule has 3 aromatic rings. The molecule has 38 heavy (non-hydrogen) atoms. The predicted octanol–water partition coefficient (Wildman–Crippen LogP) is 6.28. The third-order valence-corrected chi connectivity index (χ3v) is 7.86. The first-order valence-corrected chi connectivity index (χ1v) is 13.1. The van der Waals surface area contributed by atoms with Gasteiger partial charge in [0.2, 0.25) is 0 Å². The Hall–Kier alpha value is -3.55. The van der Waals surface area contributed by atoms with Crippen LogP contribution < -0.4 is 10.6 Å². The first-order chi connectivity index (χ1) is 18.2. The molecule has 0 bridgehead atoms. The minimum Gasteiger partial charge on any atom is -0.449 e. The van der Waals surface area contributed by atoms with E-state index in [9.17, 15) is 4.79 Å². The quantitative estimate of drug-likeness (QED) is 0.366. The molecule has 1 aliphatic heterocycles. The lowest BCUT2D eigenvalue weighted by molar-refractivity contribution is 0.00578. The molecular formula is C31H35BN2O4. The predicted molar refractivity (Wildman–Crippen MR) is 153 cm³/mol. The molecule has 196 valence electrons. The van der Waals surface area contributed by atoms with Crippen LogP contribution in [0.1, 0.15) is 50.3 Å². The van der Waals surface area contributed by atoms with Crippen molar-refractivity contribution in [3.05, 3.63) is 95.0 Å². The summed E-state index contributed by atoms with van der Waals surface area (Å²) in [5.74, 6) is 0.00976. The first-order valence-electron chi connectivity index (χ1n) is 13.1. The van der Waals surface area contributed by atoms with Gasteiger partial charge in [-0.05, 0) is 73.1 Å². The second-order valence-corrected chi connectivity index (χ2v) is 10.9. The summed E-state index contributed by atoms with van der Waals surface area (Å²) < 4.78 is 18.4. The van der Waals surface area contributed by atoms with Gasteiger partial charge in [0.15, 0.2) is 0 Å². The van der Waals surface area contributed by atoms with Crippen molar-refractivity contribution in [1.29, 1.82) is 0 Å². The molecule has 3 aromatic carbocycles. The topological polar surface area (TPSA) is 68.8 Å². The number of benzene rings is 3. The van der Waals surface area contributed by atoms with Crippen molar-refractivity contribution < 1.29 is 18.8 Å². The molecule has 1 fully saturated rings. The molecule has 2 aliphatic rings. The average molecular weight is 510 g/mol. The van der Waals surface area contributed by atoms with E-state index in [1.165, 1.54) is 22.3 Å². The number of hydrogen-bond donors (Lipinski definition) is 2. The van der Waals surface area contributed by atoms with Crippen molar-refractivity contribution in [2.75, 3.05) is 25.5 Å². The molecule has 0 saturated carbocycles. The van der Waals surface area contributed by atoms with Crippen LogP contribution in [-0.4, -0.2) is 44.6 Å². The fourth-order valence-electron chi connectivity index (χ4n) is 5.02. The number of nitrogens with one attached hydrogen (secondary N) is 2. The highest BCUT2D eigenvalue weighted by Crippen LogP contribution is 2.44. The highest BCUT2D eigenvalue weighted by molar-refractivity contribution is 6.56. The molecule has 0 spiro atoms. The Morgan fingerprint density at radius 3 is 2.13 bits per heavy atom. The van der Waals surface area contributed by atoms with Crippen molar-refractivity contribution in [3.63, 3.8) is 0 Å². The van der Waals surface area contributed by atoms with Crippen molar-refractivity contribution in [3.8, 4) is 11.1 Å². The number of ether oxygens (including phenoxy) is 1. The Kier molecular flexibility index (Phi) is 7.08. The summed E-state index contributed by atoms with van der Waals surface area (Å²) in [6.45, 7) is 8.57. The van der Waals surface area contributed by atoms with Crippen LogP contribution in [0.4, 0.5) is 10.5 Å². The zero-order chi connectivity index (χ0) is 26.9. The summed E-state index contributed by atoms with van der Waals surface area (Å²) >= 11 is 0. The number of fused-ring (bicyclic) bond motifs is 3. The Morgan fingerprint density at radius 1 is 0.921 bits per heavy atom. The molecule has 1 amide bonds. The summed E-state index contributed by atoms with van der Waals surface area (Å²) in [5, 5.41) is 6.09. The van der Waals surface area contributed by atoms with E-state index in [0.717, 1.165) is 16.7 Å². The number of amides is 1. The third-order valence-electron chi connectivity index (χ3n) is 7.86. The molecule has 5 rings (SSSR count). The summed E-state index contributed by atoms with van der Waals surface area (Å²) in [6, 6.07) is 24.7. The smallest absolute Gasteiger partial charge is 0.449 e. The van der Waals surface area contributed by atoms with Gasteiger partial charge in [0.05, 0.1) is 11.2 Å². The van der Waals surface area contributed by atoms with E-state index < -0.39 is 24.4 Å². The maximum absolute atomic E-state index is 12.9. The maximum Gasteiger partial charge on any atom is 0.492 e. The fourth-order valence-corrected chi connectivity index (χ4v) is 5.02. The van der Waals surface area contributed by atoms with Crippen LogP contribution in [0, 0.1) is 0 Å². The molecule has 6 nitrogen and oxygen atoms in total. The number of anilines is 1. The second kappa shape index (κ2) is 10.3. The molecular weight excluding hydrogens is 475 g/mol. The van der Waals surface area contributed by atoms with E-state index in [0.29, 0.717) is 0 Å². The summed E-state index contributed by atoms with van der Waals surface area (Å²) in [7, 11) is 1.29. The minimum absolute atomic E-state index is 0.00976. The van der Waals surface area contributed by atoms with Crippen LogP contribution in [0.5, 0.6) is 0 Å². The van der Waals surface area contributed by atoms with Gasteiger partial charge in [-0.15, -0.1) is 0 Å². The van der Waals surface area contributed by atoms with Crippen LogP contribution in [0.2, 0.25) is 0 Å². The number of carbonyl (C=O) groups excluding carboxylic acids is 1. The van der Waals surface area contributed by atoms with E-state index in [4.69, 9.17) is 14.0 Å². The second-order valence-electron chi connectivity index (χ2n) is 10.9. The lowest BCUT2D eigenvalue weighted by Gasteiger charge is -2.32. The van der Waals surface area contributed by atoms with Crippen molar-refractivity contribution in [1.82, 2.24) is 5.32 Å². The normalized spacial score (nSPS) is 17.6. The van der Waals surface area contributed by atoms with Crippen molar-refractivity contribution >= 4 is 25.0 Å². The summed E-state index contributed by atoms with van der Waals surface area (Å²) in [5.41, 5.74) is 6.57. The van der Waals surface area contributed by atoms with Gasteiger partial charge in [-0.2, -0.15) is 0 Å². The van der Waals surface area contributed by atoms with Crippen LogP contribution in [0.25, 0.3) is 17.2 Å². The Balaban J connectivity index is 1.30. The molecule has 0 atom stereocenters. The largest absolute Gasteiger partial charge is 0.492 e. The van der Waals surface area contributed by atoms with Gasteiger partial charge in [-0.1, -0.05) is 66.7 Å². The summed E-state index contributed by atoms with van der Waals surface area (Å²) in [6.07, 6.45) is 1.53. The Morgan fingerprint density at radius 2 is 1.53 bits per heavy atom. The summed E-state index contributed by atoms with van der Waals surface area (Å²) in [4.78, 5) is 12.9. The van der Waals surface area contributed by atoms with Crippen LogP contribution in [0.15, 0.2) is 78.3 Å². The molecule has 7 heteroatoms. The Bertz CT molecular complexity index is 1310. The van der Waals surface area contributed by atoms with Gasteiger partial charge in [0.25, 0.3) is 0 Å². The SMILES string of the molecule is CNc1cccc(C=C(CNC(=O)OCC2c3ccccc3-c3ccccc32)B2OC(C)(C)C(C)(C)O2)c1. The number of rotatable bonds is 7. The van der Waals surface area contributed by atoms with Gasteiger partial charge >= 0.3 is 13.2 Å². The minimum atomic E-state index is -0.591. The molecule has 1 aliphatic carbocycles. The van der Waals surface area contributed by atoms with E-state index in [2.05, 4.69) is 34.9 Å². The monoisotopic (exact) mass is 510 g/mol. The van der Waals surface area contributed by atoms with Crippen LogP contribution in [0.3, 0.4) is 0 Å². The Labute approximate surface area is 225 Å². The average Bonchev–Trinajstić information content (AvgIpc) is 3.34. The van der Waals surface area contributed by atoms with Crippen molar-refractivity contribution in [2.45, 2.75) is 44.8 Å². The molecule has 0 aromatic heterocycles. The fraction of sp³-hybridized carbons (Fsp3) is 0.323. The lowest BCUT2D eigenvalue weighted by Crippen LogP contribution is -2.41. The molecule has 0 radical (unpaired) electrons. The molecule has 2 N–H and O–H groups in total. The molecule has 1 heterocycles. The number of carbonyl (C=O) groups is 1. The van der Waals surface area contributed by atoms with E-state index in [1.807, 2.05) is 89.3 Å². The number of hydrogen-bond acceptors (Lipinski definition) is 5. The third kappa shape index (κ3) is 5.09. The van der Waals surface area contributed by atoms with Crippen LogP contribution in [-0.2, 0) is 14.0 Å². The first kappa shape index (κ1) is 26.1. The van der Waals surface area contributed by atoms with Gasteiger partial charge in [0, 0.05) is 25.2 Å². The zero-order valence-corrected chi connectivity index (χ0v) is 22.7.